The molecule has 0 radical (unpaired) electrons. The monoisotopic (exact) mass is 370 g/mol. The normalized spacial score (nSPS) is 20.2. The van der Waals surface area contributed by atoms with E-state index < -0.39 is 0 Å². The highest BCUT2D eigenvalue weighted by Crippen LogP contribution is 2.11. The summed E-state index contributed by atoms with van der Waals surface area (Å²) in [5.41, 5.74) is 6.17. The van der Waals surface area contributed by atoms with Crippen LogP contribution in [0.25, 0.3) is 0 Å². The number of nitrogens with one attached hydrogen (secondary N) is 2. The number of hydrogen-bond acceptors (Lipinski definition) is 2. The summed E-state index contributed by atoms with van der Waals surface area (Å²) in [6.07, 6.45) is 3.49. The van der Waals surface area contributed by atoms with Crippen LogP contribution < -0.4 is 10.3 Å². The minimum absolute atomic E-state index is 0.0268. The summed E-state index contributed by atoms with van der Waals surface area (Å²) in [5, 5.41) is 4.87. The summed E-state index contributed by atoms with van der Waals surface area (Å²) in [4.78, 5) is 13.8. The van der Waals surface area contributed by atoms with Crippen LogP contribution in [0.1, 0.15) is 29.5 Å². The zero-order valence-electron chi connectivity index (χ0n) is 15.0. The van der Waals surface area contributed by atoms with Crippen molar-refractivity contribution in [1.82, 2.24) is 5.43 Å². The third kappa shape index (κ3) is 5.41. The lowest BCUT2D eigenvalue weighted by molar-refractivity contribution is -0.919. The summed E-state index contributed by atoms with van der Waals surface area (Å²) < 4.78 is 0. The molecule has 2 N–H and O–H groups in total. The summed E-state index contributed by atoms with van der Waals surface area (Å²) in [5.74, 6) is 0.0815. The van der Waals surface area contributed by atoms with Gasteiger partial charge in [0.25, 0.3) is 0 Å². The van der Waals surface area contributed by atoms with Crippen molar-refractivity contribution >= 4 is 23.7 Å². The second kappa shape index (κ2) is 8.97. The second-order valence-electron chi connectivity index (χ2n) is 6.97. The maximum atomic E-state index is 12.3. The van der Waals surface area contributed by atoms with E-state index in [1.165, 1.54) is 16.0 Å². The predicted octanol–water partition coefficient (Wildman–Crippen LogP) is 2.59. The number of nitrogens with zero attached hydrogens (tertiary/aromatic N) is 1. The number of amides is 1. The number of aryl methyl sites for hydroxylation is 1. The number of halogens is 1. The molecule has 1 saturated heterocycles. The van der Waals surface area contributed by atoms with Gasteiger partial charge in [-0.15, -0.1) is 0 Å². The van der Waals surface area contributed by atoms with Crippen molar-refractivity contribution in [3.8, 4) is 0 Å². The fourth-order valence-corrected chi connectivity index (χ4v) is 3.40. The standard InChI is InChI=1S/C21H24ClN3O/c1-16-2-4-17(5-3-16)14-23-24-21(26)19-10-12-25(13-11-19)15-18-6-8-20(22)9-7-18/h2-9,14,19H,10-13,15H2,1H3,(H,24,26)/p+1/b23-14-. The number of piperidine rings is 1. The molecule has 2 aromatic rings. The summed E-state index contributed by atoms with van der Waals surface area (Å²) in [6, 6.07) is 16.1. The first-order chi connectivity index (χ1) is 12.6. The number of hydrazone groups is 1. The van der Waals surface area contributed by atoms with Crippen molar-refractivity contribution in [3.05, 3.63) is 70.2 Å². The van der Waals surface area contributed by atoms with Gasteiger partial charge in [0.1, 0.15) is 6.54 Å². The van der Waals surface area contributed by atoms with Gasteiger partial charge in [-0.1, -0.05) is 53.6 Å². The van der Waals surface area contributed by atoms with E-state index in [0.717, 1.165) is 43.1 Å². The number of hydrogen-bond donors (Lipinski definition) is 2. The molecule has 0 aromatic heterocycles. The molecule has 0 bridgehead atoms. The molecule has 2 aromatic carbocycles. The first kappa shape index (κ1) is 18.6. The Hall–Kier alpha value is -2.17. The van der Waals surface area contributed by atoms with Crippen LogP contribution in [-0.4, -0.2) is 25.2 Å². The Bertz CT molecular complexity index is 748. The van der Waals surface area contributed by atoms with E-state index >= 15 is 0 Å². The van der Waals surface area contributed by atoms with Crippen LogP contribution >= 0.6 is 11.6 Å². The van der Waals surface area contributed by atoms with Gasteiger partial charge in [0, 0.05) is 23.4 Å². The van der Waals surface area contributed by atoms with E-state index in [2.05, 4.69) is 22.7 Å². The number of benzene rings is 2. The fraction of sp³-hybridized carbons (Fsp3) is 0.333. The van der Waals surface area contributed by atoms with Gasteiger partial charge < -0.3 is 4.90 Å². The van der Waals surface area contributed by atoms with Crippen LogP contribution in [0.3, 0.4) is 0 Å². The smallest absolute Gasteiger partial charge is 0.243 e. The van der Waals surface area contributed by atoms with Gasteiger partial charge in [-0.05, 0) is 24.6 Å². The number of rotatable bonds is 5. The molecule has 4 nitrogen and oxygen atoms in total. The minimum Gasteiger partial charge on any atom is -0.331 e. The van der Waals surface area contributed by atoms with E-state index in [1.807, 2.05) is 43.3 Å². The van der Waals surface area contributed by atoms with Gasteiger partial charge in [0.05, 0.1) is 25.2 Å². The van der Waals surface area contributed by atoms with Crippen molar-refractivity contribution in [3.63, 3.8) is 0 Å². The molecule has 3 rings (SSSR count). The predicted molar refractivity (Wildman–Crippen MR) is 105 cm³/mol. The lowest BCUT2D eigenvalue weighted by Gasteiger charge is -2.28. The molecule has 1 amide bonds. The van der Waals surface area contributed by atoms with Crippen molar-refractivity contribution in [2.24, 2.45) is 11.0 Å². The SMILES string of the molecule is Cc1ccc(/C=N\NC(=O)C2CC[NH+](Cc3ccc(Cl)cc3)CC2)cc1. The minimum atomic E-state index is 0.0268. The maximum absolute atomic E-state index is 12.3. The first-order valence-electron chi connectivity index (χ1n) is 9.08. The van der Waals surface area contributed by atoms with E-state index in [9.17, 15) is 4.79 Å². The average Bonchev–Trinajstić information content (AvgIpc) is 2.66. The van der Waals surface area contributed by atoms with Gasteiger partial charge >= 0.3 is 0 Å². The largest absolute Gasteiger partial charge is 0.331 e. The lowest BCUT2D eigenvalue weighted by atomic mass is 9.96. The fourth-order valence-electron chi connectivity index (χ4n) is 3.27. The number of carbonyl (C=O) groups is 1. The Balaban J connectivity index is 1.43. The van der Waals surface area contributed by atoms with Gasteiger partial charge in [0.2, 0.25) is 5.91 Å². The Morgan fingerprint density at radius 3 is 2.46 bits per heavy atom. The lowest BCUT2D eigenvalue weighted by Crippen LogP contribution is -3.11. The van der Waals surface area contributed by atoms with Gasteiger partial charge in [0.15, 0.2) is 0 Å². The molecule has 1 heterocycles. The molecule has 0 unspecified atom stereocenters. The Morgan fingerprint density at radius 1 is 1.15 bits per heavy atom. The van der Waals surface area contributed by atoms with E-state index in [1.54, 1.807) is 6.21 Å². The van der Waals surface area contributed by atoms with Crippen molar-refractivity contribution in [1.29, 1.82) is 0 Å². The molecule has 0 spiro atoms. The Kier molecular flexibility index (Phi) is 6.42. The average molecular weight is 371 g/mol. The Morgan fingerprint density at radius 2 is 1.81 bits per heavy atom. The van der Waals surface area contributed by atoms with E-state index in [4.69, 9.17) is 11.6 Å². The molecule has 1 aliphatic heterocycles. The maximum Gasteiger partial charge on any atom is 0.243 e. The molecule has 0 atom stereocenters. The highest BCUT2D eigenvalue weighted by Gasteiger charge is 2.27. The van der Waals surface area contributed by atoms with Crippen LogP contribution in [0, 0.1) is 12.8 Å². The number of likely N-dealkylation sites (tertiary alicyclic amines) is 1. The second-order valence-corrected chi connectivity index (χ2v) is 7.41. The van der Waals surface area contributed by atoms with Crippen LogP contribution in [0.2, 0.25) is 5.02 Å². The molecule has 136 valence electrons. The molecule has 1 aliphatic rings. The number of quaternary nitrogens is 1. The Labute approximate surface area is 159 Å². The van der Waals surface area contributed by atoms with Crippen molar-refractivity contribution < 1.29 is 9.69 Å². The highest BCUT2D eigenvalue weighted by atomic mass is 35.5. The van der Waals surface area contributed by atoms with Gasteiger partial charge in [-0.25, -0.2) is 5.43 Å². The van der Waals surface area contributed by atoms with Crippen LogP contribution in [0.4, 0.5) is 0 Å². The number of carbonyl (C=O) groups excluding carboxylic acids is 1. The molecular formula is C21H25ClN3O+. The topological polar surface area (TPSA) is 45.9 Å². The van der Waals surface area contributed by atoms with Crippen molar-refractivity contribution in [2.45, 2.75) is 26.3 Å². The van der Waals surface area contributed by atoms with Crippen LogP contribution in [0.15, 0.2) is 53.6 Å². The van der Waals surface area contributed by atoms with E-state index in [0.29, 0.717) is 0 Å². The first-order valence-corrected chi connectivity index (χ1v) is 9.45. The third-order valence-corrected chi connectivity index (χ3v) is 5.15. The van der Waals surface area contributed by atoms with E-state index in [-0.39, 0.29) is 11.8 Å². The zero-order chi connectivity index (χ0) is 18.4. The molecule has 0 aliphatic carbocycles. The van der Waals surface area contributed by atoms with Crippen LogP contribution in [0.5, 0.6) is 0 Å². The highest BCUT2D eigenvalue weighted by molar-refractivity contribution is 6.30. The van der Waals surface area contributed by atoms with Crippen molar-refractivity contribution in [2.75, 3.05) is 13.1 Å². The van der Waals surface area contributed by atoms with Gasteiger partial charge in [-0.2, -0.15) is 5.10 Å². The molecular weight excluding hydrogens is 346 g/mol. The molecule has 26 heavy (non-hydrogen) atoms. The quantitative estimate of drug-likeness (QED) is 0.616. The molecule has 5 heteroatoms. The molecule has 0 saturated carbocycles. The molecule has 1 fully saturated rings. The summed E-state index contributed by atoms with van der Waals surface area (Å²) in [6.45, 7) is 5.03. The zero-order valence-corrected chi connectivity index (χ0v) is 15.8. The third-order valence-electron chi connectivity index (χ3n) is 4.90. The van der Waals surface area contributed by atoms with Gasteiger partial charge in [-0.3, -0.25) is 4.79 Å². The van der Waals surface area contributed by atoms with Crippen LogP contribution in [-0.2, 0) is 11.3 Å². The summed E-state index contributed by atoms with van der Waals surface area (Å²) >= 11 is 5.93. The summed E-state index contributed by atoms with van der Waals surface area (Å²) in [7, 11) is 0.